The van der Waals surface area contributed by atoms with Gasteiger partial charge in [-0.25, -0.2) is 9.38 Å². The minimum Gasteiger partial charge on any atom is -0.380 e. The predicted molar refractivity (Wildman–Crippen MR) is 109 cm³/mol. The molecular formula is C18H31FIN3O. The van der Waals surface area contributed by atoms with Crippen molar-refractivity contribution < 1.29 is 9.13 Å². The first kappa shape index (κ1) is 23.1. The molecule has 0 saturated heterocycles. The van der Waals surface area contributed by atoms with Crippen molar-refractivity contribution in [3.05, 3.63) is 35.1 Å². The maximum Gasteiger partial charge on any atom is 0.191 e. The van der Waals surface area contributed by atoms with Gasteiger partial charge < -0.3 is 15.4 Å². The number of halogens is 2. The van der Waals surface area contributed by atoms with Crippen molar-refractivity contribution in [2.45, 2.75) is 46.8 Å². The van der Waals surface area contributed by atoms with Gasteiger partial charge in [-0.1, -0.05) is 32.8 Å². The molecule has 4 nitrogen and oxygen atoms in total. The highest BCUT2D eigenvalue weighted by Gasteiger charge is 2.06. The molecular weight excluding hydrogens is 420 g/mol. The van der Waals surface area contributed by atoms with Gasteiger partial charge in [0, 0.05) is 25.8 Å². The maximum atomic E-state index is 13.6. The van der Waals surface area contributed by atoms with Crippen molar-refractivity contribution >= 4 is 29.9 Å². The summed E-state index contributed by atoms with van der Waals surface area (Å²) in [5, 5.41) is 6.63. The molecule has 0 aromatic heterocycles. The van der Waals surface area contributed by atoms with Crippen LogP contribution in [-0.4, -0.2) is 26.2 Å². The zero-order chi connectivity index (χ0) is 17.1. The van der Waals surface area contributed by atoms with E-state index in [1.165, 1.54) is 6.07 Å². The largest absolute Gasteiger partial charge is 0.380 e. The van der Waals surface area contributed by atoms with Crippen LogP contribution in [0.4, 0.5) is 4.39 Å². The topological polar surface area (TPSA) is 45.7 Å². The zero-order valence-corrected chi connectivity index (χ0v) is 17.5. The van der Waals surface area contributed by atoms with Gasteiger partial charge in [-0.05, 0) is 30.5 Å². The summed E-state index contributed by atoms with van der Waals surface area (Å²) in [7, 11) is 1.56. The van der Waals surface area contributed by atoms with E-state index in [0.717, 1.165) is 37.5 Å². The first-order chi connectivity index (χ1) is 11.1. The third kappa shape index (κ3) is 8.28. The fraction of sp³-hybridized carbons (Fsp3) is 0.611. The summed E-state index contributed by atoms with van der Waals surface area (Å²) in [6.45, 7) is 8.96. The first-order valence-electron chi connectivity index (χ1n) is 8.42. The average Bonchev–Trinajstić information content (AvgIpc) is 2.56. The molecule has 0 amide bonds. The van der Waals surface area contributed by atoms with Gasteiger partial charge in [-0.2, -0.15) is 0 Å². The number of guanidine groups is 1. The molecule has 0 bridgehead atoms. The van der Waals surface area contributed by atoms with Crippen LogP contribution >= 0.6 is 24.0 Å². The van der Waals surface area contributed by atoms with Gasteiger partial charge in [-0.15, -0.1) is 24.0 Å². The molecule has 0 radical (unpaired) electrons. The van der Waals surface area contributed by atoms with Crippen LogP contribution in [-0.2, 0) is 17.9 Å². The van der Waals surface area contributed by atoms with Crippen molar-refractivity contribution in [3.8, 4) is 0 Å². The summed E-state index contributed by atoms with van der Waals surface area (Å²) in [5.74, 6) is 1.22. The molecule has 24 heavy (non-hydrogen) atoms. The van der Waals surface area contributed by atoms with Crippen LogP contribution in [0.1, 0.15) is 44.7 Å². The molecule has 0 spiro atoms. The summed E-state index contributed by atoms with van der Waals surface area (Å²) in [6, 6.07) is 5.05. The Kier molecular flexibility index (Phi) is 12.9. The number of rotatable bonds is 9. The van der Waals surface area contributed by atoms with E-state index in [2.05, 4.69) is 29.5 Å². The Morgan fingerprint density at radius 2 is 1.92 bits per heavy atom. The Morgan fingerprint density at radius 1 is 1.21 bits per heavy atom. The van der Waals surface area contributed by atoms with E-state index in [0.29, 0.717) is 18.0 Å². The lowest BCUT2D eigenvalue weighted by molar-refractivity contribution is 0.181. The summed E-state index contributed by atoms with van der Waals surface area (Å²) in [5.41, 5.74) is 1.54. The molecule has 1 aromatic carbocycles. The van der Waals surface area contributed by atoms with Crippen LogP contribution in [0.3, 0.4) is 0 Å². The average molecular weight is 451 g/mol. The van der Waals surface area contributed by atoms with Gasteiger partial charge in [-0.3, -0.25) is 0 Å². The lowest BCUT2D eigenvalue weighted by atomic mass is 10.0. The minimum absolute atomic E-state index is 0. The van der Waals surface area contributed by atoms with E-state index in [4.69, 9.17) is 4.74 Å². The van der Waals surface area contributed by atoms with Gasteiger partial charge >= 0.3 is 0 Å². The second-order valence-electron chi connectivity index (χ2n) is 5.62. The van der Waals surface area contributed by atoms with Crippen LogP contribution in [0, 0.1) is 11.7 Å². The second-order valence-corrected chi connectivity index (χ2v) is 5.62. The molecule has 0 heterocycles. The molecule has 1 aromatic rings. The van der Waals surface area contributed by atoms with Crippen LogP contribution in [0.25, 0.3) is 0 Å². The van der Waals surface area contributed by atoms with Crippen LogP contribution < -0.4 is 10.6 Å². The van der Waals surface area contributed by atoms with Gasteiger partial charge in [0.05, 0.1) is 13.2 Å². The first-order valence-corrected chi connectivity index (χ1v) is 8.42. The van der Waals surface area contributed by atoms with E-state index in [-0.39, 0.29) is 36.4 Å². The van der Waals surface area contributed by atoms with Crippen molar-refractivity contribution in [1.29, 1.82) is 0 Å². The Morgan fingerprint density at radius 3 is 2.50 bits per heavy atom. The number of aliphatic imine (C=N–C) groups is 1. The highest BCUT2D eigenvalue weighted by molar-refractivity contribution is 14.0. The smallest absolute Gasteiger partial charge is 0.191 e. The minimum atomic E-state index is -0.238. The van der Waals surface area contributed by atoms with Crippen molar-refractivity contribution in [2.75, 3.05) is 20.2 Å². The molecule has 0 aliphatic rings. The molecule has 0 atom stereocenters. The number of methoxy groups -OCH3 is 1. The Labute approximate surface area is 162 Å². The van der Waals surface area contributed by atoms with Gasteiger partial charge in [0.1, 0.15) is 5.82 Å². The number of nitrogens with one attached hydrogen (secondary N) is 2. The summed E-state index contributed by atoms with van der Waals surface area (Å²) in [6.07, 6.45) is 2.31. The SMILES string of the molecule is CCNC(=NCc1ccc(F)c(COC)c1)NCC(CC)CC.I. The summed E-state index contributed by atoms with van der Waals surface area (Å²) < 4.78 is 18.6. The van der Waals surface area contributed by atoms with Gasteiger partial charge in [0.25, 0.3) is 0 Å². The third-order valence-corrected chi connectivity index (χ3v) is 3.89. The summed E-state index contributed by atoms with van der Waals surface area (Å²) in [4.78, 5) is 4.59. The normalized spacial score (nSPS) is 11.3. The Balaban J connectivity index is 0.00000529. The number of nitrogens with zero attached hydrogens (tertiary/aromatic N) is 1. The molecule has 0 aliphatic heterocycles. The van der Waals surface area contributed by atoms with Crippen LogP contribution in [0.15, 0.2) is 23.2 Å². The van der Waals surface area contributed by atoms with E-state index in [1.807, 2.05) is 13.0 Å². The maximum absolute atomic E-state index is 13.6. The van der Waals surface area contributed by atoms with Crippen molar-refractivity contribution in [3.63, 3.8) is 0 Å². The fourth-order valence-electron chi connectivity index (χ4n) is 2.32. The summed E-state index contributed by atoms with van der Waals surface area (Å²) >= 11 is 0. The van der Waals surface area contributed by atoms with E-state index >= 15 is 0 Å². The highest BCUT2D eigenvalue weighted by Crippen LogP contribution is 2.12. The number of hydrogen-bond donors (Lipinski definition) is 2. The Bertz CT molecular complexity index is 493. The molecule has 0 saturated carbocycles. The zero-order valence-electron chi connectivity index (χ0n) is 15.2. The van der Waals surface area contributed by atoms with Gasteiger partial charge in [0.15, 0.2) is 5.96 Å². The number of hydrogen-bond acceptors (Lipinski definition) is 2. The number of ether oxygens (including phenoxy) is 1. The second kappa shape index (κ2) is 13.4. The van der Waals surface area contributed by atoms with E-state index < -0.39 is 0 Å². The monoisotopic (exact) mass is 451 g/mol. The van der Waals surface area contributed by atoms with Gasteiger partial charge in [0.2, 0.25) is 0 Å². The van der Waals surface area contributed by atoms with Crippen molar-refractivity contribution in [1.82, 2.24) is 10.6 Å². The van der Waals surface area contributed by atoms with E-state index in [9.17, 15) is 4.39 Å². The van der Waals surface area contributed by atoms with E-state index in [1.54, 1.807) is 13.2 Å². The molecule has 2 N–H and O–H groups in total. The molecule has 1 rings (SSSR count). The molecule has 6 heteroatoms. The van der Waals surface area contributed by atoms with Crippen LogP contribution in [0.5, 0.6) is 0 Å². The highest BCUT2D eigenvalue weighted by atomic mass is 127. The Hall–Kier alpha value is -0.890. The van der Waals surface area contributed by atoms with Crippen molar-refractivity contribution in [2.24, 2.45) is 10.9 Å². The molecule has 0 fully saturated rings. The third-order valence-electron chi connectivity index (χ3n) is 3.89. The molecule has 138 valence electrons. The number of benzene rings is 1. The predicted octanol–water partition coefficient (Wildman–Crippen LogP) is 4.08. The fourth-order valence-corrected chi connectivity index (χ4v) is 2.32. The lowest BCUT2D eigenvalue weighted by Gasteiger charge is -2.16. The lowest BCUT2D eigenvalue weighted by Crippen LogP contribution is -2.39. The standard InChI is InChI=1S/C18H30FN3O.HI/c1-5-14(6-2)11-21-18(20-7-3)22-12-15-8-9-17(19)16(10-15)13-23-4;/h8-10,14H,5-7,11-13H2,1-4H3,(H2,20,21,22);1H. The molecule has 0 aliphatic carbocycles. The van der Waals surface area contributed by atoms with Crippen LogP contribution in [0.2, 0.25) is 0 Å². The quantitative estimate of drug-likeness (QED) is 0.338. The molecule has 0 unspecified atom stereocenters.